The topological polar surface area (TPSA) is 105 Å². The highest BCUT2D eigenvalue weighted by Gasteiger charge is 2.52. The summed E-state index contributed by atoms with van der Waals surface area (Å²) in [5.74, 6) is -1.45. The van der Waals surface area contributed by atoms with E-state index < -0.39 is 24.1 Å². The van der Waals surface area contributed by atoms with E-state index in [1.54, 1.807) is 0 Å². The normalized spacial score (nSPS) is 23.0. The van der Waals surface area contributed by atoms with E-state index in [2.05, 4.69) is 10.6 Å². The Hall–Kier alpha value is -2.12. The van der Waals surface area contributed by atoms with Crippen molar-refractivity contribution in [3.05, 3.63) is 0 Å². The predicted octanol–water partition coefficient (Wildman–Crippen LogP) is 1.23. The molecule has 1 heterocycles. The molecule has 2 N–H and O–H groups in total. The molecule has 4 amide bonds. The zero-order valence-corrected chi connectivity index (χ0v) is 15.1. The van der Waals surface area contributed by atoms with Gasteiger partial charge in [-0.15, -0.1) is 0 Å². The fourth-order valence-electron chi connectivity index (χ4n) is 4.15. The van der Waals surface area contributed by atoms with Gasteiger partial charge in [-0.25, -0.2) is 4.79 Å². The molecule has 0 aromatic carbocycles. The number of urea groups is 1. The van der Waals surface area contributed by atoms with Crippen LogP contribution >= 0.6 is 0 Å². The first-order valence-corrected chi connectivity index (χ1v) is 9.59. The predicted molar refractivity (Wildman–Crippen MR) is 92.0 cm³/mol. The molecule has 1 spiro atoms. The Bertz CT molecular complexity index is 577. The van der Waals surface area contributed by atoms with E-state index in [4.69, 9.17) is 4.74 Å². The van der Waals surface area contributed by atoms with Crippen LogP contribution in [0.4, 0.5) is 4.79 Å². The molecular formula is C18H27N3O5. The number of esters is 1. The van der Waals surface area contributed by atoms with Gasteiger partial charge >= 0.3 is 12.0 Å². The summed E-state index contributed by atoms with van der Waals surface area (Å²) in [6, 6.07) is -0.423. The lowest BCUT2D eigenvalue weighted by Crippen LogP contribution is -2.44. The Balaban J connectivity index is 1.43. The summed E-state index contributed by atoms with van der Waals surface area (Å²) in [5.41, 5.74) is -0.839. The molecule has 0 aromatic heterocycles. The highest BCUT2D eigenvalue weighted by molar-refractivity contribution is 6.08. The number of carbonyl (C=O) groups is 4. The Kier molecular flexibility index (Phi) is 5.78. The first-order chi connectivity index (χ1) is 12.5. The maximum absolute atomic E-state index is 12.5. The van der Waals surface area contributed by atoms with Crippen LogP contribution in [0, 0.1) is 0 Å². The van der Waals surface area contributed by atoms with E-state index >= 15 is 0 Å². The van der Waals surface area contributed by atoms with Crippen molar-refractivity contribution in [1.82, 2.24) is 15.5 Å². The van der Waals surface area contributed by atoms with Crippen LogP contribution in [0.25, 0.3) is 0 Å². The van der Waals surface area contributed by atoms with Gasteiger partial charge in [-0.2, -0.15) is 0 Å². The molecule has 0 unspecified atom stereocenters. The van der Waals surface area contributed by atoms with Crippen LogP contribution < -0.4 is 10.6 Å². The van der Waals surface area contributed by atoms with E-state index in [0.29, 0.717) is 12.8 Å². The minimum Gasteiger partial charge on any atom is -0.454 e. The second-order valence-electron chi connectivity index (χ2n) is 7.53. The number of imide groups is 1. The van der Waals surface area contributed by atoms with Crippen molar-refractivity contribution < 1.29 is 23.9 Å². The lowest BCUT2D eigenvalue weighted by atomic mass is 9.98. The average Bonchev–Trinajstić information content (AvgIpc) is 3.05. The number of rotatable bonds is 5. The van der Waals surface area contributed by atoms with Gasteiger partial charge in [-0.05, 0) is 25.7 Å². The van der Waals surface area contributed by atoms with Gasteiger partial charge < -0.3 is 15.4 Å². The minimum atomic E-state index is -0.839. The molecule has 8 nitrogen and oxygen atoms in total. The zero-order valence-electron chi connectivity index (χ0n) is 15.1. The van der Waals surface area contributed by atoms with Crippen LogP contribution in [0.1, 0.15) is 64.2 Å². The van der Waals surface area contributed by atoms with Gasteiger partial charge in [0, 0.05) is 6.04 Å². The Morgan fingerprint density at radius 2 is 1.73 bits per heavy atom. The van der Waals surface area contributed by atoms with Crippen molar-refractivity contribution >= 4 is 23.8 Å². The van der Waals surface area contributed by atoms with E-state index in [9.17, 15) is 19.2 Å². The molecule has 8 heteroatoms. The van der Waals surface area contributed by atoms with Crippen molar-refractivity contribution in [2.45, 2.75) is 75.8 Å². The molecule has 2 aliphatic carbocycles. The number of ether oxygens (including phenoxy) is 1. The molecule has 1 aliphatic heterocycles. The number of nitrogens with zero attached hydrogens (tertiary/aromatic N) is 1. The second-order valence-corrected chi connectivity index (χ2v) is 7.53. The standard InChI is InChI=1S/C18H27N3O5/c22-14(19-13-7-3-1-2-4-8-13)12-26-15(23)11-21-16(24)18(20-17(21)25)9-5-6-10-18/h13H,1-12H2,(H,19,22)(H,20,25). The number of amides is 4. The molecule has 0 aromatic rings. The van der Waals surface area contributed by atoms with Gasteiger partial charge in [0.05, 0.1) is 0 Å². The largest absolute Gasteiger partial charge is 0.454 e. The van der Waals surface area contributed by atoms with E-state index in [-0.39, 0.29) is 24.5 Å². The van der Waals surface area contributed by atoms with Crippen LogP contribution in [-0.2, 0) is 19.1 Å². The van der Waals surface area contributed by atoms with Gasteiger partial charge in [0.1, 0.15) is 12.1 Å². The summed E-state index contributed by atoms with van der Waals surface area (Å²) in [6.07, 6.45) is 9.44. The maximum Gasteiger partial charge on any atom is 0.326 e. The van der Waals surface area contributed by atoms with Crippen LogP contribution in [0.15, 0.2) is 0 Å². The van der Waals surface area contributed by atoms with Gasteiger partial charge in [0.25, 0.3) is 11.8 Å². The molecule has 3 rings (SSSR count). The third-order valence-corrected chi connectivity index (χ3v) is 5.57. The van der Waals surface area contributed by atoms with Crippen molar-refractivity contribution in [1.29, 1.82) is 0 Å². The highest BCUT2D eigenvalue weighted by Crippen LogP contribution is 2.34. The van der Waals surface area contributed by atoms with Gasteiger partial charge in [0.2, 0.25) is 0 Å². The average molecular weight is 365 g/mol. The van der Waals surface area contributed by atoms with Crippen molar-refractivity contribution in [2.24, 2.45) is 0 Å². The smallest absolute Gasteiger partial charge is 0.326 e. The minimum absolute atomic E-state index is 0.136. The first-order valence-electron chi connectivity index (χ1n) is 9.59. The number of carbonyl (C=O) groups excluding carboxylic acids is 4. The zero-order chi connectivity index (χ0) is 18.6. The van der Waals surface area contributed by atoms with Crippen LogP contribution in [0.3, 0.4) is 0 Å². The number of hydrogen-bond acceptors (Lipinski definition) is 5. The summed E-state index contributed by atoms with van der Waals surface area (Å²) < 4.78 is 4.96. The quantitative estimate of drug-likeness (QED) is 0.433. The van der Waals surface area contributed by atoms with E-state index in [1.807, 2.05) is 0 Å². The fourth-order valence-corrected chi connectivity index (χ4v) is 4.15. The Morgan fingerprint density at radius 1 is 1.08 bits per heavy atom. The molecule has 3 fully saturated rings. The molecule has 26 heavy (non-hydrogen) atoms. The van der Waals surface area contributed by atoms with Gasteiger partial charge in [-0.1, -0.05) is 38.5 Å². The Morgan fingerprint density at radius 3 is 2.38 bits per heavy atom. The summed E-state index contributed by atoms with van der Waals surface area (Å²) in [5, 5.41) is 5.60. The van der Waals surface area contributed by atoms with E-state index in [1.165, 1.54) is 12.8 Å². The van der Waals surface area contributed by atoms with Crippen molar-refractivity contribution in [3.8, 4) is 0 Å². The highest BCUT2D eigenvalue weighted by atomic mass is 16.5. The maximum atomic E-state index is 12.5. The SMILES string of the molecule is O=C(COC(=O)CN1C(=O)NC2(CCCC2)C1=O)NC1CCCCCC1. The van der Waals surface area contributed by atoms with Gasteiger partial charge in [0.15, 0.2) is 6.61 Å². The van der Waals surface area contributed by atoms with Crippen molar-refractivity contribution in [3.63, 3.8) is 0 Å². The molecule has 3 aliphatic rings. The van der Waals surface area contributed by atoms with Crippen LogP contribution in [0.5, 0.6) is 0 Å². The molecule has 0 bridgehead atoms. The lowest BCUT2D eigenvalue weighted by Gasteiger charge is -2.19. The fraction of sp³-hybridized carbons (Fsp3) is 0.778. The monoisotopic (exact) mass is 365 g/mol. The molecule has 1 saturated heterocycles. The van der Waals surface area contributed by atoms with E-state index in [0.717, 1.165) is 43.4 Å². The number of hydrogen-bond donors (Lipinski definition) is 2. The third kappa shape index (κ3) is 4.16. The first kappa shape index (κ1) is 18.7. The van der Waals surface area contributed by atoms with Crippen LogP contribution in [-0.4, -0.2) is 53.4 Å². The molecule has 144 valence electrons. The summed E-state index contributed by atoms with van der Waals surface area (Å²) >= 11 is 0. The molecular weight excluding hydrogens is 338 g/mol. The Labute approximate surface area is 153 Å². The molecule has 0 atom stereocenters. The molecule has 2 saturated carbocycles. The second kappa shape index (κ2) is 8.05. The molecule has 0 radical (unpaired) electrons. The van der Waals surface area contributed by atoms with Crippen LogP contribution in [0.2, 0.25) is 0 Å². The number of nitrogens with one attached hydrogen (secondary N) is 2. The van der Waals surface area contributed by atoms with Crippen molar-refractivity contribution in [2.75, 3.05) is 13.2 Å². The summed E-state index contributed by atoms with van der Waals surface area (Å²) in [4.78, 5) is 49.3. The lowest BCUT2D eigenvalue weighted by molar-refractivity contribution is -0.151. The third-order valence-electron chi connectivity index (χ3n) is 5.57. The summed E-state index contributed by atoms with van der Waals surface area (Å²) in [6.45, 7) is -0.840. The summed E-state index contributed by atoms with van der Waals surface area (Å²) in [7, 11) is 0. The van der Waals surface area contributed by atoms with Gasteiger partial charge in [-0.3, -0.25) is 19.3 Å².